The van der Waals surface area contributed by atoms with Crippen molar-refractivity contribution in [3.8, 4) is 11.5 Å². The van der Waals surface area contributed by atoms with Gasteiger partial charge in [-0.2, -0.15) is 34.8 Å². The molecule has 4 heterocycles. The zero-order chi connectivity index (χ0) is 81.2. The number of ether oxygens (including phenoxy) is 1. The van der Waals surface area contributed by atoms with Crippen LogP contribution >= 0.6 is 11.6 Å². The minimum absolute atomic E-state index is 0. The first-order valence-corrected chi connectivity index (χ1v) is 36.4. The number of allylic oxidation sites excluding steroid dienone is 4. The van der Waals surface area contributed by atoms with Crippen molar-refractivity contribution in [1.82, 2.24) is 30.1 Å². The predicted octanol–water partition coefficient (Wildman–Crippen LogP) is 10.5. The van der Waals surface area contributed by atoms with E-state index in [1.54, 1.807) is 32.4 Å². The van der Waals surface area contributed by atoms with Crippen LogP contribution in [-0.2, 0) is 46.7 Å². The second-order valence-electron chi connectivity index (χ2n) is 26.7. The van der Waals surface area contributed by atoms with Crippen LogP contribution in [0.2, 0.25) is 5.02 Å². The Hall–Kier alpha value is -10.0. The number of aromatic nitrogens is 3. The number of ketones is 4. The van der Waals surface area contributed by atoms with Gasteiger partial charge in [0.2, 0.25) is 5.78 Å². The molecule has 2 fully saturated rings. The molecule has 1 unspecified atom stereocenters. The molecule has 0 bridgehead atoms. The molecule has 111 heavy (non-hydrogen) atoms. The third-order valence-corrected chi connectivity index (χ3v) is 19.6. The van der Waals surface area contributed by atoms with E-state index in [9.17, 15) is 81.0 Å². The largest absolute Gasteiger partial charge is 0.508 e. The molecular weight excluding hydrogens is 1500 g/mol. The van der Waals surface area contributed by atoms with Crippen LogP contribution in [0.1, 0.15) is 99.8 Å². The quantitative estimate of drug-likeness (QED) is 0.0168. The van der Waals surface area contributed by atoms with Crippen molar-refractivity contribution in [3.63, 3.8) is 0 Å². The van der Waals surface area contributed by atoms with E-state index in [4.69, 9.17) is 50.3 Å². The molecule has 1 saturated heterocycles. The van der Waals surface area contributed by atoms with Crippen molar-refractivity contribution in [2.24, 2.45) is 17.6 Å². The SMILES string of the molecule is CCN(CC)CCCC(C)Nc1c2ccc(Cl)cc2nc2ccc(OC)cc12.C[C@H]1c2cccc(O)c2C(O)=C2C(=O)[C@]3(O)C(O)=C(C(N)=O)C(=O)[C@@H](N(C)C)[C@@H]3[C@@H](O)[C@@H]21.Nc1ccnc2ccccc12.O.O=C1C=CC(=O)C=C1.O=S(=O)(O)O.O[C@@H](c1cc(C(F)(F)F)nc2c(C(F)(F)F)cccc12)[C@H]1CCCCN1. The van der Waals surface area contributed by atoms with E-state index in [0.29, 0.717) is 41.7 Å². The number of nitrogens with zero attached hydrogens (tertiary/aromatic N) is 5. The number of aromatic hydroxyl groups is 1. The Morgan fingerprint density at radius 2 is 1.44 bits per heavy atom. The standard InChI is InChI=1S/C23H30ClN3O.C22H24N2O8.C17H16F6N2O.C9H8N2.C6H4O2.H2O4S.H2O/c1-5-27(6-2)13-7-8-16(3)25-23-19-11-9-17(24)14-22(19)26-21-12-10-18(28-4)15-20(21)23;1-7-8-5-4-6-9(25)11(8)16(26)12-10(7)17(27)14-15(24(2)3)18(28)13(21(23)31)20(30)22(14,32)19(12)29;18-16(19,20)11-5-3-4-9-10(15(26)12-6-1-2-7-24-12)8-13(17(21,22)23)25-14(9)11;10-8-5-6-11-9-4-2-1-3-7(8)9;7-5-1-2-6(8)4-3-5;1-5(2,3)4;/h9-12,14-16H,5-8,13H2,1-4H3,(H,25,26);4-7,10,14-15,17,25-27,30,32H,1-3H3,(H2,23,31);3-5,8,12,15,24,26H,1-2,6-7H2;1-6H,(H2,10,11);1-4H;(H2,1,2,3,4);1H2/t;7-,10+,14+,15-,17-,22-;12-,15+;;;;/m.01..../s1. The number of para-hydroxylation sites is 2. The molecule has 13 rings (SSSR count). The van der Waals surface area contributed by atoms with Crippen LogP contribution in [0, 0.1) is 11.8 Å². The van der Waals surface area contributed by atoms with E-state index in [-0.39, 0.29) is 39.3 Å². The summed E-state index contributed by atoms with van der Waals surface area (Å²) < 4.78 is 116. The number of hydrogen-bond donors (Lipinski definition) is 12. The molecule has 16 N–H and O–H groups in total. The first-order valence-electron chi connectivity index (χ1n) is 34.6. The lowest BCUT2D eigenvalue weighted by atomic mass is 9.54. The number of piperidine rings is 1. The number of fused-ring (bicyclic) bond motifs is 7. The summed E-state index contributed by atoms with van der Waals surface area (Å²) in [7, 11) is -0.0540. The number of nitrogens with one attached hydrogen (secondary N) is 2. The average Bonchev–Trinajstić information content (AvgIpc) is 0.687. The van der Waals surface area contributed by atoms with Gasteiger partial charge < -0.3 is 67.9 Å². The molecule has 8 aromatic rings. The number of methoxy groups -OCH3 is 1. The Balaban J connectivity index is 0.000000200. The van der Waals surface area contributed by atoms with Crippen molar-refractivity contribution < 1.29 is 109 Å². The molecule has 4 aliphatic carbocycles. The number of likely N-dealkylation sites (N-methyl/N-ethyl adjacent to an activating group) is 1. The highest BCUT2D eigenvalue weighted by atomic mass is 35.5. The molecule has 34 heteroatoms. The summed E-state index contributed by atoms with van der Waals surface area (Å²) in [5, 5.41) is 76.0. The van der Waals surface area contributed by atoms with Gasteiger partial charge in [-0.3, -0.25) is 43.0 Å². The number of nitrogens with two attached hydrogens (primary N) is 2. The lowest BCUT2D eigenvalue weighted by Crippen LogP contribution is -2.70. The number of amides is 1. The van der Waals surface area contributed by atoms with E-state index < -0.39 is 127 Å². The fourth-order valence-corrected chi connectivity index (χ4v) is 14.2. The van der Waals surface area contributed by atoms with Gasteiger partial charge in [0.05, 0.1) is 70.2 Å². The number of phenolic OH excluding ortho intramolecular Hbond substituents is 1. The highest BCUT2D eigenvalue weighted by molar-refractivity contribution is 7.79. The van der Waals surface area contributed by atoms with Gasteiger partial charge in [-0.05, 0) is 181 Å². The highest BCUT2D eigenvalue weighted by Crippen LogP contribution is 2.56. The molecule has 9 atom stereocenters. The number of Topliss-reactive ketones (excluding diaryl/α,β-unsaturated/α-hetero) is 2. The topological polar surface area (TPSA) is 443 Å². The molecule has 596 valence electrons. The van der Waals surface area contributed by atoms with Gasteiger partial charge in [0.1, 0.15) is 34.3 Å². The van der Waals surface area contributed by atoms with Gasteiger partial charge >= 0.3 is 22.8 Å². The summed E-state index contributed by atoms with van der Waals surface area (Å²) in [6.07, 6.45) is -1.57. The number of aliphatic hydroxyl groups excluding tert-OH is 4. The smallest absolute Gasteiger partial charge is 0.433 e. The van der Waals surface area contributed by atoms with Crippen molar-refractivity contribution in [1.29, 1.82) is 0 Å². The zero-order valence-electron chi connectivity index (χ0n) is 61.1. The number of nitrogen functional groups attached to an aromatic ring is 1. The first-order chi connectivity index (χ1) is 51.7. The number of alkyl halides is 6. The van der Waals surface area contributed by atoms with E-state index in [1.807, 2.05) is 54.6 Å². The minimum Gasteiger partial charge on any atom is -0.508 e. The number of carbonyl (C=O) groups is 5. The normalized spacial score (nSPS) is 20.7. The number of aliphatic hydroxyl groups is 5. The number of pyridine rings is 3. The fraction of sp³-hybridized carbons (Fsp3) is 0.351. The average molecular weight is 1590 g/mol. The van der Waals surface area contributed by atoms with Crippen LogP contribution in [0.25, 0.3) is 49.4 Å². The highest BCUT2D eigenvalue weighted by Gasteiger charge is 2.68. The summed E-state index contributed by atoms with van der Waals surface area (Å²) in [4.78, 5) is 75.2. The zero-order valence-corrected chi connectivity index (χ0v) is 62.6. The van der Waals surface area contributed by atoms with Crippen LogP contribution in [0.4, 0.5) is 37.7 Å². The number of anilines is 2. The van der Waals surface area contributed by atoms with E-state index >= 15 is 0 Å². The van der Waals surface area contributed by atoms with Gasteiger partial charge in [-0.1, -0.05) is 81.3 Å². The van der Waals surface area contributed by atoms with Crippen molar-refractivity contribution in [2.75, 3.05) is 58.4 Å². The van der Waals surface area contributed by atoms with Crippen LogP contribution in [0.5, 0.6) is 11.5 Å². The van der Waals surface area contributed by atoms with Crippen molar-refractivity contribution in [2.45, 2.75) is 114 Å². The van der Waals surface area contributed by atoms with Crippen LogP contribution in [-0.4, -0.2) is 185 Å². The second-order valence-corrected chi connectivity index (χ2v) is 28.0. The number of primary amides is 1. The number of rotatable bonds is 13. The van der Waals surface area contributed by atoms with Gasteiger partial charge in [-0.25, -0.2) is 9.97 Å². The summed E-state index contributed by atoms with van der Waals surface area (Å²) in [6, 6.07) is 28.2. The molecule has 5 aliphatic rings. The Kier molecular flexibility index (Phi) is 29.3. The third kappa shape index (κ3) is 20.4. The Morgan fingerprint density at radius 3 is 2.02 bits per heavy atom. The maximum absolute atomic E-state index is 13.7. The van der Waals surface area contributed by atoms with Crippen LogP contribution < -0.4 is 26.8 Å². The van der Waals surface area contributed by atoms with Gasteiger partial charge in [0.25, 0.3) is 5.91 Å². The fourth-order valence-electron chi connectivity index (χ4n) is 14.1. The maximum atomic E-state index is 13.7. The summed E-state index contributed by atoms with van der Waals surface area (Å²) in [6.45, 7) is 12.3. The molecule has 26 nitrogen and oxygen atoms in total. The van der Waals surface area contributed by atoms with Crippen LogP contribution in [0.15, 0.2) is 157 Å². The molecule has 0 spiro atoms. The van der Waals surface area contributed by atoms with Crippen molar-refractivity contribution in [3.05, 3.63) is 190 Å². The first kappa shape index (κ1) is 88.2. The molecular formula is C77H86ClF6N9O17S. The number of carbonyl (C=O) groups excluding carboxylic acids is 5. The van der Waals surface area contributed by atoms with Crippen LogP contribution in [0.3, 0.4) is 0 Å². The summed E-state index contributed by atoms with van der Waals surface area (Å²) >= 11 is 6.22. The van der Waals surface area contributed by atoms with Crippen molar-refractivity contribution >= 4 is 112 Å². The van der Waals surface area contributed by atoms with Gasteiger partial charge in [0.15, 0.2) is 23.0 Å². The number of benzene rings is 5. The number of phenols is 1. The third-order valence-electron chi connectivity index (χ3n) is 19.4. The lowest BCUT2D eigenvalue weighted by molar-refractivity contribution is -0.169. The molecule has 5 aromatic carbocycles. The summed E-state index contributed by atoms with van der Waals surface area (Å²) in [5.41, 5.74) is 8.15. The molecule has 0 radical (unpaired) electrons. The Morgan fingerprint density at radius 1 is 0.811 bits per heavy atom. The lowest BCUT2D eigenvalue weighted by Gasteiger charge is -2.53. The Labute approximate surface area is 638 Å². The maximum Gasteiger partial charge on any atom is 0.433 e. The van der Waals surface area contributed by atoms with Gasteiger partial charge in [-0.15, -0.1) is 0 Å². The monoisotopic (exact) mass is 1590 g/mol. The molecule has 1 saturated carbocycles. The predicted molar refractivity (Wildman–Crippen MR) is 406 cm³/mol. The van der Waals surface area contributed by atoms with E-state index in [2.05, 4.69) is 58.4 Å². The number of halogens is 7. The minimum atomic E-state index is -4.93. The molecule has 1 aliphatic heterocycles. The summed E-state index contributed by atoms with van der Waals surface area (Å²) in [5.74, 6) is -8.27. The molecule has 3 aromatic heterocycles. The van der Waals surface area contributed by atoms with E-state index in [0.717, 1.165) is 94.8 Å². The Bertz CT molecular complexity index is 4990. The van der Waals surface area contributed by atoms with E-state index in [1.165, 1.54) is 61.9 Å². The van der Waals surface area contributed by atoms with Gasteiger partial charge in [0, 0.05) is 62.0 Å². The second kappa shape index (κ2) is 36.9. The molecule has 1 amide bonds. The number of hydrogen-bond acceptors (Lipinski definition) is 22.